The quantitative estimate of drug-likeness (QED) is 0.848. The average molecular weight is 233 g/mol. The van der Waals surface area contributed by atoms with E-state index in [2.05, 4.69) is 35.1 Å². The third kappa shape index (κ3) is 2.84. The maximum atomic E-state index is 8.79. The van der Waals surface area contributed by atoms with Gasteiger partial charge in [0.2, 0.25) is 0 Å². The second-order valence-corrected chi connectivity index (χ2v) is 4.49. The van der Waals surface area contributed by atoms with Crippen LogP contribution in [0.4, 0.5) is 0 Å². The SMILES string of the molecule is CN(CCCO)Cc1ccc2c(c1)ncn2C. The predicted octanol–water partition coefficient (Wildman–Crippen LogP) is 1.39. The van der Waals surface area contributed by atoms with Crippen molar-refractivity contribution in [3.8, 4) is 0 Å². The molecule has 1 heterocycles. The van der Waals surface area contributed by atoms with E-state index in [-0.39, 0.29) is 6.61 Å². The molecule has 0 aliphatic carbocycles. The average Bonchev–Trinajstić information content (AvgIpc) is 2.68. The van der Waals surface area contributed by atoms with Crippen molar-refractivity contribution in [2.24, 2.45) is 7.05 Å². The van der Waals surface area contributed by atoms with Crippen LogP contribution in [-0.2, 0) is 13.6 Å². The molecule has 0 amide bonds. The Balaban J connectivity index is 2.08. The molecule has 0 atom stereocenters. The lowest BCUT2D eigenvalue weighted by atomic mass is 10.2. The Morgan fingerprint density at radius 1 is 1.41 bits per heavy atom. The largest absolute Gasteiger partial charge is 0.396 e. The Morgan fingerprint density at radius 2 is 2.24 bits per heavy atom. The molecule has 0 saturated heterocycles. The number of nitrogens with zero attached hydrogens (tertiary/aromatic N) is 3. The first-order valence-corrected chi connectivity index (χ1v) is 5.90. The second-order valence-electron chi connectivity index (χ2n) is 4.49. The van der Waals surface area contributed by atoms with Gasteiger partial charge in [0.05, 0.1) is 17.4 Å². The van der Waals surface area contributed by atoms with E-state index >= 15 is 0 Å². The van der Waals surface area contributed by atoms with E-state index in [0.29, 0.717) is 0 Å². The van der Waals surface area contributed by atoms with Crippen LogP contribution < -0.4 is 0 Å². The summed E-state index contributed by atoms with van der Waals surface area (Å²) in [5, 5.41) is 8.79. The van der Waals surface area contributed by atoms with Gasteiger partial charge in [0.15, 0.2) is 0 Å². The molecule has 0 bridgehead atoms. The molecule has 1 aromatic carbocycles. The molecule has 4 heteroatoms. The van der Waals surface area contributed by atoms with Crippen molar-refractivity contribution in [3.63, 3.8) is 0 Å². The Kier molecular flexibility index (Phi) is 3.76. The van der Waals surface area contributed by atoms with Crippen LogP contribution in [0.25, 0.3) is 11.0 Å². The number of aromatic nitrogens is 2. The highest BCUT2D eigenvalue weighted by atomic mass is 16.3. The summed E-state index contributed by atoms with van der Waals surface area (Å²) in [7, 11) is 4.07. The van der Waals surface area contributed by atoms with E-state index in [1.165, 1.54) is 5.56 Å². The summed E-state index contributed by atoms with van der Waals surface area (Å²) in [6.07, 6.45) is 2.66. The van der Waals surface area contributed by atoms with Crippen LogP contribution in [0.3, 0.4) is 0 Å². The van der Waals surface area contributed by atoms with E-state index in [1.807, 2.05) is 17.9 Å². The van der Waals surface area contributed by atoms with Crippen LogP contribution >= 0.6 is 0 Å². The smallest absolute Gasteiger partial charge is 0.0955 e. The molecule has 17 heavy (non-hydrogen) atoms. The first kappa shape index (κ1) is 12.1. The van der Waals surface area contributed by atoms with Gasteiger partial charge in [-0.3, -0.25) is 0 Å². The van der Waals surface area contributed by atoms with Crippen LogP contribution in [0.2, 0.25) is 0 Å². The molecule has 1 N–H and O–H groups in total. The minimum absolute atomic E-state index is 0.254. The minimum Gasteiger partial charge on any atom is -0.396 e. The Hall–Kier alpha value is -1.39. The zero-order valence-electron chi connectivity index (χ0n) is 10.4. The molecule has 0 fully saturated rings. The molecule has 0 aliphatic rings. The van der Waals surface area contributed by atoms with Crippen molar-refractivity contribution in [2.75, 3.05) is 20.2 Å². The number of fused-ring (bicyclic) bond motifs is 1. The topological polar surface area (TPSA) is 41.3 Å². The maximum absolute atomic E-state index is 8.79. The highest BCUT2D eigenvalue weighted by Crippen LogP contribution is 2.14. The van der Waals surface area contributed by atoms with E-state index in [1.54, 1.807) is 0 Å². The highest BCUT2D eigenvalue weighted by molar-refractivity contribution is 5.75. The number of rotatable bonds is 5. The number of aliphatic hydroxyl groups is 1. The van der Waals surface area contributed by atoms with Gasteiger partial charge in [0, 0.05) is 26.7 Å². The highest BCUT2D eigenvalue weighted by Gasteiger charge is 2.03. The van der Waals surface area contributed by atoms with Gasteiger partial charge in [-0.15, -0.1) is 0 Å². The van der Waals surface area contributed by atoms with Crippen molar-refractivity contribution in [2.45, 2.75) is 13.0 Å². The summed E-state index contributed by atoms with van der Waals surface area (Å²) in [5.41, 5.74) is 3.46. The molecule has 2 aromatic rings. The Morgan fingerprint density at radius 3 is 3.00 bits per heavy atom. The molecule has 0 aliphatic heterocycles. The monoisotopic (exact) mass is 233 g/mol. The zero-order chi connectivity index (χ0) is 12.3. The number of aryl methyl sites for hydroxylation is 1. The van der Waals surface area contributed by atoms with Crippen LogP contribution in [0.5, 0.6) is 0 Å². The van der Waals surface area contributed by atoms with E-state index in [0.717, 1.165) is 30.5 Å². The lowest BCUT2D eigenvalue weighted by Gasteiger charge is -2.15. The van der Waals surface area contributed by atoms with Gasteiger partial charge in [-0.25, -0.2) is 4.98 Å². The Bertz CT molecular complexity index is 492. The lowest BCUT2D eigenvalue weighted by Crippen LogP contribution is -2.19. The van der Waals surface area contributed by atoms with Gasteiger partial charge in [-0.05, 0) is 31.2 Å². The molecule has 92 valence electrons. The fraction of sp³-hybridized carbons (Fsp3) is 0.462. The van der Waals surface area contributed by atoms with Crippen molar-refractivity contribution in [3.05, 3.63) is 30.1 Å². The second kappa shape index (κ2) is 5.29. The number of imidazole rings is 1. The zero-order valence-corrected chi connectivity index (χ0v) is 10.4. The predicted molar refractivity (Wildman–Crippen MR) is 68.8 cm³/mol. The molecule has 4 nitrogen and oxygen atoms in total. The number of hydrogen-bond donors (Lipinski definition) is 1. The third-order valence-corrected chi connectivity index (χ3v) is 2.94. The summed E-state index contributed by atoms with van der Waals surface area (Å²) in [6, 6.07) is 6.38. The van der Waals surface area contributed by atoms with Gasteiger partial charge >= 0.3 is 0 Å². The van der Waals surface area contributed by atoms with Crippen LogP contribution in [0.15, 0.2) is 24.5 Å². The molecule has 2 rings (SSSR count). The molecular weight excluding hydrogens is 214 g/mol. The van der Waals surface area contributed by atoms with Gasteiger partial charge in [-0.1, -0.05) is 6.07 Å². The van der Waals surface area contributed by atoms with Crippen molar-refractivity contribution < 1.29 is 5.11 Å². The van der Waals surface area contributed by atoms with Crippen molar-refractivity contribution >= 4 is 11.0 Å². The van der Waals surface area contributed by atoms with E-state index in [9.17, 15) is 0 Å². The molecular formula is C13H19N3O. The molecule has 0 saturated carbocycles. The van der Waals surface area contributed by atoms with E-state index in [4.69, 9.17) is 5.11 Å². The number of hydrogen-bond acceptors (Lipinski definition) is 3. The standard InChI is InChI=1S/C13H19N3O/c1-15(6-3-7-17)9-11-4-5-13-12(8-11)14-10-16(13)2/h4-5,8,10,17H,3,6-7,9H2,1-2H3. The lowest BCUT2D eigenvalue weighted by molar-refractivity contribution is 0.244. The first-order valence-electron chi connectivity index (χ1n) is 5.90. The maximum Gasteiger partial charge on any atom is 0.0955 e. The summed E-state index contributed by atoms with van der Waals surface area (Å²) in [6.45, 7) is 2.06. The van der Waals surface area contributed by atoms with Crippen LogP contribution in [0.1, 0.15) is 12.0 Å². The molecule has 0 unspecified atom stereocenters. The number of aliphatic hydroxyl groups excluding tert-OH is 1. The molecule has 1 aromatic heterocycles. The molecule has 0 radical (unpaired) electrons. The van der Waals surface area contributed by atoms with Gasteiger partial charge in [0.25, 0.3) is 0 Å². The van der Waals surface area contributed by atoms with Gasteiger partial charge in [0.1, 0.15) is 0 Å². The van der Waals surface area contributed by atoms with Crippen LogP contribution in [-0.4, -0.2) is 39.8 Å². The van der Waals surface area contributed by atoms with Crippen molar-refractivity contribution in [1.82, 2.24) is 14.5 Å². The van der Waals surface area contributed by atoms with Crippen molar-refractivity contribution in [1.29, 1.82) is 0 Å². The first-order chi connectivity index (χ1) is 8.20. The summed E-state index contributed by atoms with van der Waals surface area (Å²) < 4.78 is 2.02. The van der Waals surface area contributed by atoms with Gasteiger partial charge < -0.3 is 14.6 Å². The summed E-state index contributed by atoms with van der Waals surface area (Å²) in [5.74, 6) is 0. The third-order valence-electron chi connectivity index (χ3n) is 2.94. The normalized spacial score (nSPS) is 11.5. The fourth-order valence-electron chi connectivity index (χ4n) is 2.01. The minimum atomic E-state index is 0.254. The van der Waals surface area contributed by atoms with E-state index < -0.39 is 0 Å². The number of benzene rings is 1. The molecule has 0 spiro atoms. The Labute approximate surface area is 101 Å². The van der Waals surface area contributed by atoms with Crippen LogP contribution in [0, 0.1) is 0 Å². The fourth-order valence-corrected chi connectivity index (χ4v) is 2.01. The summed E-state index contributed by atoms with van der Waals surface area (Å²) in [4.78, 5) is 6.56. The van der Waals surface area contributed by atoms with Gasteiger partial charge in [-0.2, -0.15) is 0 Å². The summed E-state index contributed by atoms with van der Waals surface area (Å²) >= 11 is 0.